The molecule has 0 aliphatic carbocycles. The lowest BCUT2D eigenvalue weighted by molar-refractivity contribution is -0.113. The van der Waals surface area contributed by atoms with E-state index in [-0.39, 0.29) is 18.3 Å². The summed E-state index contributed by atoms with van der Waals surface area (Å²) in [4.78, 5) is 26.8. The Kier molecular flexibility index (Phi) is 9.07. The first-order valence-corrected chi connectivity index (χ1v) is 14.6. The van der Waals surface area contributed by atoms with Crippen LogP contribution in [0.5, 0.6) is 0 Å². The van der Waals surface area contributed by atoms with E-state index >= 15 is 0 Å². The van der Waals surface area contributed by atoms with Crippen LogP contribution in [0.15, 0.2) is 64.0 Å². The van der Waals surface area contributed by atoms with Gasteiger partial charge in [-0.15, -0.1) is 33.3 Å². The zero-order chi connectivity index (χ0) is 26.4. The molecule has 2 heterocycles. The fraction of sp³-hybridized carbons (Fsp3) is 0.259. The minimum atomic E-state index is -0.453. The van der Waals surface area contributed by atoms with Crippen LogP contribution >= 0.6 is 34.9 Å². The average molecular weight is 553 g/mol. The van der Waals surface area contributed by atoms with Gasteiger partial charge in [0.2, 0.25) is 5.91 Å². The van der Waals surface area contributed by atoms with E-state index in [0.29, 0.717) is 21.5 Å². The molecule has 4 rings (SSSR count). The molecule has 0 fully saturated rings. The summed E-state index contributed by atoms with van der Waals surface area (Å²) in [6, 6.07) is 16.3. The molecule has 0 aliphatic rings. The van der Waals surface area contributed by atoms with E-state index < -0.39 is 5.97 Å². The number of hydrogen-bond donors (Lipinski definition) is 1. The van der Waals surface area contributed by atoms with Gasteiger partial charge in [0.15, 0.2) is 5.16 Å². The van der Waals surface area contributed by atoms with Crippen molar-refractivity contribution >= 4 is 51.7 Å². The number of esters is 1. The molecule has 0 spiro atoms. The minimum absolute atomic E-state index is 0.136. The van der Waals surface area contributed by atoms with E-state index in [4.69, 9.17) is 4.74 Å². The number of thiophene rings is 1. The zero-order valence-corrected chi connectivity index (χ0v) is 23.6. The summed E-state index contributed by atoms with van der Waals surface area (Å²) < 4.78 is 7.20. The molecule has 10 heteroatoms. The summed E-state index contributed by atoms with van der Waals surface area (Å²) in [6.45, 7) is 6.09. The van der Waals surface area contributed by atoms with E-state index in [9.17, 15) is 9.59 Å². The predicted molar refractivity (Wildman–Crippen MR) is 152 cm³/mol. The van der Waals surface area contributed by atoms with Crippen molar-refractivity contribution in [3.05, 3.63) is 76.4 Å². The number of rotatable bonds is 10. The number of benzene rings is 2. The molecule has 0 radical (unpaired) electrons. The lowest BCUT2D eigenvalue weighted by Gasteiger charge is -2.09. The highest BCUT2D eigenvalue weighted by molar-refractivity contribution is 7.99. The van der Waals surface area contributed by atoms with E-state index in [0.717, 1.165) is 22.5 Å². The highest BCUT2D eigenvalue weighted by Crippen LogP contribution is 2.36. The van der Waals surface area contributed by atoms with Gasteiger partial charge >= 0.3 is 5.97 Å². The first-order chi connectivity index (χ1) is 17.9. The Labute approximate surface area is 229 Å². The molecule has 0 bridgehead atoms. The number of carbonyl (C=O) groups is 2. The van der Waals surface area contributed by atoms with Crippen LogP contribution in [-0.4, -0.2) is 39.0 Å². The third-order valence-electron chi connectivity index (χ3n) is 5.53. The Bertz CT molecular complexity index is 1380. The second-order valence-corrected chi connectivity index (χ2v) is 11.2. The minimum Gasteiger partial charge on any atom is -0.462 e. The van der Waals surface area contributed by atoms with Gasteiger partial charge in [-0.3, -0.25) is 4.79 Å². The molecule has 2 aromatic carbocycles. The Morgan fingerprint density at radius 1 is 1.00 bits per heavy atom. The Balaban J connectivity index is 1.40. The van der Waals surface area contributed by atoms with E-state index in [1.807, 2.05) is 48.2 Å². The number of thioether (sulfide) groups is 2. The van der Waals surface area contributed by atoms with Crippen LogP contribution in [0.1, 0.15) is 34.2 Å². The maximum atomic E-state index is 12.8. The van der Waals surface area contributed by atoms with Gasteiger partial charge in [0.05, 0.1) is 18.1 Å². The molecular formula is C27H28N4O3S3. The molecule has 0 aliphatic heterocycles. The third kappa shape index (κ3) is 6.82. The first-order valence-electron chi connectivity index (χ1n) is 11.7. The molecule has 0 saturated carbocycles. The molecule has 0 unspecified atom stereocenters. The fourth-order valence-electron chi connectivity index (χ4n) is 3.47. The van der Waals surface area contributed by atoms with Crippen molar-refractivity contribution in [1.82, 2.24) is 14.8 Å². The van der Waals surface area contributed by atoms with Crippen molar-refractivity contribution in [2.75, 3.05) is 17.7 Å². The van der Waals surface area contributed by atoms with Gasteiger partial charge in [0.25, 0.3) is 0 Å². The van der Waals surface area contributed by atoms with Crippen molar-refractivity contribution in [1.29, 1.82) is 0 Å². The maximum Gasteiger partial charge on any atom is 0.341 e. The van der Waals surface area contributed by atoms with Crippen LogP contribution in [0.4, 0.5) is 5.00 Å². The number of aromatic nitrogens is 3. The van der Waals surface area contributed by atoms with Gasteiger partial charge in [0.1, 0.15) is 16.4 Å². The molecule has 2 aromatic heterocycles. The Morgan fingerprint density at radius 3 is 2.35 bits per heavy atom. The largest absolute Gasteiger partial charge is 0.462 e. The van der Waals surface area contributed by atoms with Crippen LogP contribution in [0.3, 0.4) is 0 Å². The van der Waals surface area contributed by atoms with Crippen molar-refractivity contribution < 1.29 is 14.3 Å². The first kappa shape index (κ1) is 27.0. The average Bonchev–Trinajstić information content (AvgIpc) is 3.46. The maximum absolute atomic E-state index is 12.8. The van der Waals surface area contributed by atoms with E-state index in [1.54, 1.807) is 18.7 Å². The molecular weight excluding hydrogens is 525 g/mol. The van der Waals surface area contributed by atoms with E-state index in [2.05, 4.69) is 46.7 Å². The topological polar surface area (TPSA) is 86.1 Å². The number of ether oxygens (including phenoxy) is 1. The van der Waals surface area contributed by atoms with Crippen molar-refractivity contribution in [2.24, 2.45) is 7.05 Å². The van der Waals surface area contributed by atoms with Gasteiger partial charge in [-0.2, -0.15) is 0 Å². The van der Waals surface area contributed by atoms with Crippen LogP contribution in [0.2, 0.25) is 0 Å². The van der Waals surface area contributed by atoms with Crippen molar-refractivity contribution in [3.63, 3.8) is 0 Å². The summed E-state index contributed by atoms with van der Waals surface area (Å²) >= 11 is 4.31. The summed E-state index contributed by atoms with van der Waals surface area (Å²) in [7, 11) is 1.90. The van der Waals surface area contributed by atoms with Gasteiger partial charge in [-0.1, -0.05) is 59.3 Å². The second-order valence-electron chi connectivity index (χ2n) is 8.34. The highest BCUT2D eigenvalue weighted by atomic mass is 32.2. The number of nitrogens with one attached hydrogen (secondary N) is 1. The molecule has 1 amide bonds. The summed E-state index contributed by atoms with van der Waals surface area (Å²) in [6.07, 6.45) is 0. The van der Waals surface area contributed by atoms with Gasteiger partial charge < -0.3 is 14.6 Å². The summed E-state index contributed by atoms with van der Waals surface area (Å²) in [5, 5.41) is 14.5. The third-order valence-corrected chi connectivity index (χ3v) is 8.46. The van der Waals surface area contributed by atoms with Crippen molar-refractivity contribution in [3.8, 4) is 11.1 Å². The van der Waals surface area contributed by atoms with Crippen LogP contribution in [0.25, 0.3) is 11.1 Å². The quantitative estimate of drug-likeness (QED) is 0.181. The Morgan fingerprint density at radius 2 is 1.68 bits per heavy atom. The molecule has 37 heavy (non-hydrogen) atoms. The molecule has 0 saturated heterocycles. The second kappa shape index (κ2) is 12.4. The number of aryl methyl sites for hydroxylation is 2. The van der Waals surface area contributed by atoms with Crippen LogP contribution in [0, 0.1) is 13.8 Å². The molecule has 7 nitrogen and oxygen atoms in total. The summed E-state index contributed by atoms with van der Waals surface area (Å²) in [5.41, 5.74) is 4.37. The lowest BCUT2D eigenvalue weighted by Crippen LogP contribution is -2.16. The van der Waals surface area contributed by atoms with Crippen LogP contribution < -0.4 is 5.32 Å². The SMILES string of the molecule is CCOC(=O)c1c(-c2ccc(C)cc2)csc1NC(=O)CSc1nnc(CSc2ccc(C)cc2)n1C. The van der Waals surface area contributed by atoms with Gasteiger partial charge in [0, 0.05) is 22.9 Å². The fourth-order valence-corrected chi connectivity index (χ4v) is 6.05. The molecule has 0 atom stereocenters. The summed E-state index contributed by atoms with van der Waals surface area (Å²) in [5.74, 6) is 0.966. The monoisotopic (exact) mass is 552 g/mol. The highest BCUT2D eigenvalue weighted by Gasteiger charge is 2.23. The van der Waals surface area contributed by atoms with Crippen molar-refractivity contribution in [2.45, 2.75) is 36.6 Å². The lowest BCUT2D eigenvalue weighted by atomic mass is 10.0. The predicted octanol–water partition coefficient (Wildman–Crippen LogP) is 6.36. The van der Waals surface area contributed by atoms with E-state index in [1.165, 1.54) is 33.6 Å². The number of nitrogens with zero attached hydrogens (tertiary/aromatic N) is 3. The number of hydrogen-bond acceptors (Lipinski definition) is 8. The van der Waals surface area contributed by atoms with Gasteiger partial charge in [-0.05, 0) is 38.5 Å². The van der Waals surface area contributed by atoms with Crippen LogP contribution in [-0.2, 0) is 22.3 Å². The molecule has 1 N–H and O–H groups in total. The number of carbonyl (C=O) groups excluding carboxylic acids is 2. The normalized spacial score (nSPS) is 10.9. The zero-order valence-electron chi connectivity index (χ0n) is 21.1. The van der Waals surface area contributed by atoms with Gasteiger partial charge in [-0.25, -0.2) is 4.79 Å². The number of amides is 1. The molecule has 192 valence electrons. The standard InChI is InChI=1S/C27H28N4O3S3/c1-5-34-26(33)24-21(19-10-6-17(2)7-11-19)14-36-25(24)28-23(32)16-37-27-30-29-22(31(27)4)15-35-20-12-8-18(3)9-13-20/h6-14H,5,15-16H2,1-4H3,(H,28,32). The number of anilines is 1. The molecule has 4 aromatic rings. The smallest absolute Gasteiger partial charge is 0.341 e. The Hall–Kier alpha value is -3.08.